The molecule has 1 atom stereocenters. The normalized spacial score (nSPS) is 14.0. The average Bonchev–Trinajstić information content (AvgIpc) is 3.02. The first kappa shape index (κ1) is 20.7. The summed E-state index contributed by atoms with van der Waals surface area (Å²) in [6.07, 6.45) is 1.35. The summed E-state index contributed by atoms with van der Waals surface area (Å²) in [5.74, 6) is -1.63. The molecule has 146 valence electrons. The Morgan fingerprint density at radius 3 is 2.33 bits per heavy atom. The second-order valence-electron chi connectivity index (χ2n) is 6.65. The van der Waals surface area contributed by atoms with E-state index in [0.717, 1.165) is 4.31 Å². The number of carbonyl (C=O) groups is 2. The summed E-state index contributed by atoms with van der Waals surface area (Å²) in [5.41, 5.74) is -0.641. The molecule has 0 aliphatic rings. The number of aliphatic carboxylic acids is 1. The van der Waals surface area contributed by atoms with E-state index >= 15 is 0 Å². The number of aryl methyl sites for hydroxylation is 1. The van der Waals surface area contributed by atoms with Crippen LogP contribution in [0.1, 0.15) is 23.0 Å². The largest absolute Gasteiger partial charge is 0.481 e. The van der Waals surface area contributed by atoms with Crippen LogP contribution in [-0.4, -0.2) is 54.9 Å². The van der Waals surface area contributed by atoms with Crippen molar-refractivity contribution in [2.45, 2.75) is 17.2 Å². The summed E-state index contributed by atoms with van der Waals surface area (Å²) in [7, 11) is 0.685. The summed E-state index contributed by atoms with van der Waals surface area (Å²) in [5, 5.41) is 12.3. The number of amides is 1. The van der Waals surface area contributed by atoms with E-state index in [2.05, 4.69) is 5.32 Å². The fourth-order valence-electron chi connectivity index (χ4n) is 2.57. The van der Waals surface area contributed by atoms with Gasteiger partial charge in [-0.25, -0.2) is 12.7 Å². The molecular formula is C18H23N3O5S. The molecule has 2 rings (SSSR count). The van der Waals surface area contributed by atoms with Gasteiger partial charge in [0.25, 0.3) is 5.91 Å². The fraction of sp³-hybridized carbons (Fsp3) is 0.333. The van der Waals surface area contributed by atoms with Crippen molar-refractivity contribution in [2.24, 2.45) is 7.05 Å². The van der Waals surface area contributed by atoms with Crippen LogP contribution in [0.5, 0.6) is 0 Å². The monoisotopic (exact) mass is 393 g/mol. The second kappa shape index (κ2) is 7.53. The Kier molecular flexibility index (Phi) is 5.76. The summed E-state index contributed by atoms with van der Waals surface area (Å²) in [6.45, 7) is 1.38. The lowest BCUT2D eigenvalue weighted by atomic mass is 9.82. The number of carbonyl (C=O) groups excluding carboxylic acids is 1. The lowest BCUT2D eigenvalue weighted by Crippen LogP contribution is -2.44. The van der Waals surface area contributed by atoms with E-state index < -0.39 is 27.3 Å². The van der Waals surface area contributed by atoms with Crippen LogP contribution in [0.3, 0.4) is 0 Å². The van der Waals surface area contributed by atoms with E-state index in [1.807, 2.05) is 0 Å². The zero-order chi connectivity index (χ0) is 20.4. The van der Waals surface area contributed by atoms with Crippen LogP contribution in [0.2, 0.25) is 0 Å². The topological polar surface area (TPSA) is 109 Å². The molecule has 8 nitrogen and oxygen atoms in total. The smallest absolute Gasteiger partial charge is 0.315 e. The molecule has 1 heterocycles. The Bertz CT molecular complexity index is 951. The van der Waals surface area contributed by atoms with Gasteiger partial charge in [-0.15, -0.1) is 0 Å². The van der Waals surface area contributed by atoms with Gasteiger partial charge < -0.3 is 15.0 Å². The number of hydrogen-bond donors (Lipinski definition) is 2. The minimum Gasteiger partial charge on any atom is -0.481 e. The molecule has 9 heteroatoms. The first-order chi connectivity index (χ1) is 12.5. The summed E-state index contributed by atoms with van der Waals surface area (Å²) < 4.78 is 26.9. The first-order valence-electron chi connectivity index (χ1n) is 8.16. The molecule has 1 amide bonds. The van der Waals surface area contributed by atoms with Gasteiger partial charge in [-0.3, -0.25) is 9.59 Å². The van der Waals surface area contributed by atoms with Crippen molar-refractivity contribution in [3.05, 3.63) is 53.9 Å². The number of carboxylic acid groups (broad SMARTS) is 1. The standard InChI is InChI=1S/C18H23N3O5S/c1-18(17(23)24,13-8-6-5-7-9-13)12-19-16(22)15-10-14(11-21(15)4)27(25,26)20(2)3/h5-11H,12H2,1-4H3,(H,19,22)(H,23,24). The summed E-state index contributed by atoms with van der Waals surface area (Å²) >= 11 is 0. The van der Waals surface area contributed by atoms with Crippen LogP contribution in [0, 0.1) is 0 Å². The number of hydrogen-bond acceptors (Lipinski definition) is 4. The number of nitrogens with zero attached hydrogens (tertiary/aromatic N) is 2. The van der Waals surface area contributed by atoms with Gasteiger partial charge in [-0.2, -0.15) is 0 Å². The van der Waals surface area contributed by atoms with E-state index in [4.69, 9.17) is 0 Å². The third-order valence-corrected chi connectivity index (χ3v) is 6.26. The number of rotatable bonds is 7. The molecule has 2 N–H and O–H groups in total. The van der Waals surface area contributed by atoms with Crippen LogP contribution in [0.4, 0.5) is 0 Å². The molecule has 27 heavy (non-hydrogen) atoms. The quantitative estimate of drug-likeness (QED) is 0.731. The lowest BCUT2D eigenvalue weighted by Gasteiger charge is -2.25. The average molecular weight is 393 g/mol. The number of benzene rings is 1. The van der Waals surface area contributed by atoms with Crippen molar-refractivity contribution in [3.8, 4) is 0 Å². The molecule has 0 radical (unpaired) electrons. The Morgan fingerprint density at radius 1 is 1.22 bits per heavy atom. The van der Waals surface area contributed by atoms with Gasteiger partial charge in [0, 0.05) is 33.9 Å². The molecule has 2 aromatic rings. The number of nitrogens with one attached hydrogen (secondary N) is 1. The molecule has 1 aromatic heterocycles. The van der Waals surface area contributed by atoms with Crippen molar-refractivity contribution in [1.29, 1.82) is 0 Å². The van der Waals surface area contributed by atoms with Gasteiger partial charge in [0.1, 0.15) is 16.0 Å². The molecule has 0 bridgehead atoms. The van der Waals surface area contributed by atoms with Crippen molar-refractivity contribution in [1.82, 2.24) is 14.2 Å². The maximum atomic E-state index is 12.5. The number of aromatic nitrogens is 1. The molecule has 0 aliphatic carbocycles. The van der Waals surface area contributed by atoms with Gasteiger partial charge in [0.15, 0.2) is 0 Å². The van der Waals surface area contributed by atoms with Crippen LogP contribution in [0.15, 0.2) is 47.5 Å². The van der Waals surface area contributed by atoms with Crippen molar-refractivity contribution < 1.29 is 23.1 Å². The molecule has 1 aromatic carbocycles. The van der Waals surface area contributed by atoms with Gasteiger partial charge in [0.2, 0.25) is 10.0 Å². The third kappa shape index (κ3) is 4.04. The predicted octanol–water partition coefficient (Wildman–Crippen LogP) is 1.05. The maximum absolute atomic E-state index is 12.5. The van der Waals surface area contributed by atoms with E-state index in [1.165, 1.54) is 37.8 Å². The van der Waals surface area contributed by atoms with Gasteiger partial charge in [0.05, 0.1) is 0 Å². The Balaban J connectivity index is 2.25. The summed E-state index contributed by atoms with van der Waals surface area (Å²) in [4.78, 5) is 24.3. The van der Waals surface area contributed by atoms with Crippen LogP contribution >= 0.6 is 0 Å². The van der Waals surface area contributed by atoms with E-state index in [9.17, 15) is 23.1 Å². The molecule has 1 unspecified atom stereocenters. The van der Waals surface area contributed by atoms with Gasteiger partial charge in [-0.1, -0.05) is 30.3 Å². The molecular weight excluding hydrogens is 370 g/mol. The number of carboxylic acids is 1. The summed E-state index contributed by atoms with van der Waals surface area (Å²) in [6, 6.07) is 9.88. The molecule has 0 aliphatic heterocycles. The van der Waals surface area contributed by atoms with Crippen molar-refractivity contribution in [2.75, 3.05) is 20.6 Å². The van der Waals surface area contributed by atoms with Crippen LogP contribution in [-0.2, 0) is 27.3 Å². The van der Waals surface area contributed by atoms with Gasteiger partial charge in [-0.05, 0) is 18.6 Å². The zero-order valence-electron chi connectivity index (χ0n) is 15.6. The van der Waals surface area contributed by atoms with Crippen LogP contribution in [0.25, 0.3) is 0 Å². The lowest BCUT2D eigenvalue weighted by molar-refractivity contribution is -0.142. The zero-order valence-corrected chi connectivity index (χ0v) is 16.4. The molecule has 0 fully saturated rings. The highest BCUT2D eigenvalue weighted by Crippen LogP contribution is 2.24. The van der Waals surface area contributed by atoms with Crippen molar-refractivity contribution >= 4 is 21.9 Å². The third-order valence-electron chi connectivity index (χ3n) is 4.48. The maximum Gasteiger partial charge on any atom is 0.315 e. The van der Waals surface area contributed by atoms with E-state index in [0.29, 0.717) is 5.56 Å². The van der Waals surface area contributed by atoms with Crippen LogP contribution < -0.4 is 5.32 Å². The molecule has 0 spiro atoms. The molecule has 0 saturated heterocycles. The minimum absolute atomic E-state index is 0.00999. The highest BCUT2D eigenvalue weighted by molar-refractivity contribution is 7.89. The minimum atomic E-state index is -3.67. The Hall–Kier alpha value is -2.65. The predicted molar refractivity (Wildman–Crippen MR) is 100 cm³/mol. The Labute approximate surface area is 158 Å². The first-order valence-corrected chi connectivity index (χ1v) is 9.60. The van der Waals surface area contributed by atoms with Gasteiger partial charge >= 0.3 is 5.97 Å². The van der Waals surface area contributed by atoms with Crippen molar-refractivity contribution in [3.63, 3.8) is 0 Å². The SMILES string of the molecule is CN(C)S(=O)(=O)c1cc(C(=O)NCC(C)(C(=O)O)c2ccccc2)n(C)c1. The highest BCUT2D eigenvalue weighted by atomic mass is 32.2. The molecule has 0 saturated carbocycles. The fourth-order valence-corrected chi connectivity index (χ4v) is 3.54. The second-order valence-corrected chi connectivity index (χ2v) is 8.80. The Morgan fingerprint density at radius 2 is 1.81 bits per heavy atom. The number of sulfonamides is 1. The van der Waals surface area contributed by atoms with E-state index in [1.54, 1.807) is 37.4 Å². The van der Waals surface area contributed by atoms with E-state index in [-0.39, 0.29) is 17.1 Å². The highest BCUT2D eigenvalue weighted by Gasteiger charge is 2.36.